The van der Waals surface area contributed by atoms with E-state index in [9.17, 15) is 4.79 Å². The van der Waals surface area contributed by atoms with Crippen LogP contribution < -0.4 is 0 Å². The zero-order chi connectivity index (χ0) is 12.4. The number of ketones is 1. The molecule has 0 amide bonds. The molecule has 0 atom stereocenters. The van der Waals surface area contributed by atoms with E-state index in [0.29, 0.717) is 21.2 Å². The molecule has 0 aliphatic heterocycles. The molecule has 17 heavy (non-hydrogen) atoms. The first-order valence-corrected chi connectivity index (χ1v) is 6.38. The monoisotopic (exact) mass is 328 g/mol. The highest BCUT2D eigenvalue weighted by atomic mass is 79.9. The first-order chi connectivity index (χ1) is 8.08. The Balaban J connectivity index is 2.40. The van der Waals surface area contributed by atoms with Gasteiger partial charge in [-0.1, -0.05) is 35.3 Å². The summed E-state index contributed by atoms with van der Waals surface area (Å²) in [5.41, 5.74) is 1.09. The van der Waals surface area contributed by atoms with Crippen molar-refractivity contribution in [2.24, 2.45) is 0 Å². The van der Waals surface area contributed by atoms with Gasteiger partial charge in [0, 0.05) is 20.6 Å². The molecule has 86 valence electrons. The fourth-order valence-electron chi connectivity index (χ4n) is 1.43. The number of halogens is 3. The van der Waals surface area contributed by atoms with Crippen molar-refractivity contribution >= 4 is 44.9 Å². The summed E-state index contributed by atoms with van der Waals surface area (Å²) >= 11 is 15.1. The number of carbonyl (C=O) groups is 1. The summed E-state index contributed by atoms with van der Waals surface area (Å²) in [6.45, 7) is 0. The van der Waals surface area contributed by atoms with Crippen molar-refractivity contribution < 1.29 is 4.79 Å². The van der Waals surface area contributed by atoms with Gasteiger partial charge in [-0.05, 0) is 46.3 Å². The number of benzene rings is 2. The quantitative estimate of drug-likeness (QED) is 0.709. The van der Waals surface area contributed by atoms with Gasteiger partial charge in [0.15, 0.2) is 5.78 Å². The van der Waals surface area contributed by atoms with Crippen LogP contribution in [0.2, 0.25) is 10.0 Å². The topological polar surface area (TPSA) is 17.1 Å². The molecule has 0 saturated carbocycles. The first-order valence-electron chi connectivity index (χ1n) is 4.83. The molecule has 2 aromatic rings. The Kier molecular flexibility index (Phi) is 3.87. The minimum absolute atomic E-state index is 0.0955. The Morgan fingerprint density at radius 2 is 1.71 bits per heavy atom. The van der Waals surface area contributed by atoms with E-state index in [1.165, 1.54) is 0 Å². The highest BCUT2D eigenvalue weighted by Gasteiger charge is 2.10. The SMILES string of the molecule is O=C(c1cccc(Cl)c1)c1ccc(Br)c(Cl)c1. The van der Waals surface area contributed by atoms with Crippen LogP contribution in [0.5, 0.6) is 0 Å². The van der Waals surface area contributed by atoms with Gasteiger partial charge in [0.25, 0.3) is 0 Å². The third kappa shape index (κ3) is 2.89. The van der Waals surface area contributed by atoms with Gasteiger partial charge in [0.05, 0.1) is 5.02 Å². The molecule has 0 saturated heterocycles. The fourth-order valence-corrected chi connectivity index (χ4v) is 2.05. The van der Waals surface area contributed by atoms with Crippen molar-refractivity contribution in [3.63, 3.8) is 0 Å². The molecule has 0 unspecified atom stereocenters. The minimum atomic E-state index is -0.0955. The summed E-state index contributed by atoms with van der Waals surface area (Å²) in [4.78, 5) is 12.1. The maximum Gasteiger partial charge on any atom is 0.193 e. The minimum Gasteiger partial charge on any atom is -0.289 e. The van der Waals surface area contributed by atoms with Crippen LogP contribution in [0.1, 0.15) is 15.9 Å². The van der Waals surface area contributed by atoms with E-state index in [4.69, 9.17) is 23.2 Å². The molecule has 0 spiro atoms. The molecule has 0 heterocycles. The summed E-state index contributed by atoms with van der Waals surface area (Å²) in [6, 6.07) is 11.9. The lowest BCUT2D eigenvalue weighted by molar-refractivity contribution is 0.103. The van der Waals surface area contributed by atoms with Crippen LogP contribution in [-0.2, 0) is 0 Å². The smallest absolute Gasteiger partial charge is 0.193 e. The number of rotatable bonds is 2. The van der Waals surface area contributed by atoms with Gasteiger partial charge in [-0.25, -0.2) is 0 Å². The van der Waals surface area contributed by atoms with Gasteiger partial charge >= 0.3 is 0 Å². The van der Waals surface area contributed by atoms with Crippen LogP contribution in [0.25, 0.3) is 0 Å². The Labute approximate surface area is 117 Å². The van der Waals surface area contributed by atoms with Crippen LogP contribution in [0.3, 0.4) is 0 Å². The van der Waals surface area contributed by atoms with Gasteiger partial charge in [-0.3, -0.25) is 4.79 Å². The Bertz CT molecular complexity index is 581. The maximum absolute atomic E-state index is 12.1. The molecular formula is C13H7BrCl2O. The normalized spacial score (nSPS) is 10.3. The lowest BCUT2D eigenvalue weighted by Crippen LogP contribution is -2.00. The molecule has 1 nitrogen and oxygen atoms in total. The van der Waals surface area contributed by atoms with Gasteiger partial charge in [-0.15, -0.1) is 0 Å². The van der Waals surface area contributed by atoms with Crippen LogP contribution >= 0.6 is 39.1 Å². The van der Waals surface area contributed by atoms with E-state index in [-0.39, 0.29) is 5.78 Å². The highest BCUT2D eigenvalue weighted by Crippen LogP contribution is 2.24. The third-order valence-corrected chi connectivity index (χ3v) is 3.74. The average Bonchev–Trinajstić information content (AvgIpc) is 2.32. The second-order valence-corrected chi connectivity index (χ2v) is 5.17. The largest absolute Gasteiger partial charge is 0.289 e. The molecule has 4 heteroatoms. The van der Waals surface area contributed by atoms with Crippen LogP contribution in [-0.4, -0.2) is 5.78 Å². The standard InChI is InChI=1S/C13H7BrCl2O/c14-11-5-4-9(7-12(11)16)13(17)8-2-1-3-10(15)6-8/h1-7H. The summed E-state index contributed by atoms with van der Waals surface area (Å²) in [5.74, 6) is -0.0955. The third-order valence-electron chi connectivity index (χ3n) is 2.27. The predicted octanol–water partition coefficient (Wildman–Crippen LogP) is 4.99. The molecule has 2 aromatic carbocycles. The van der Waals surface area contributed by atoms with E-state index in [1.54, 1.807) is 42.5 Å². The van der Waals surface area contributed by atoms with E-state index in [0.717, 1.165) is 4.47 Å². The highest BCUT2D eigenvalue weighted by molar-refractivity contribution is 9.10. The lowest BCUT2D eigenvalue weighted by Gasteiger charge is -2.03. The van der Waals surface area contributed by atoms with Gasteiger partial charge in [-0.2, -0.15) is 0 Å². The fraction of sp³-hybridized carbons (Fsp3) is 0. The van der Waals surface area contributed by atoms with Crippen LogP contribution in [0.15, 0.2) is 46.9 Å². The van der Waals surface area contributed by atoms with Crippen molar-refractivity contribution in [2.75, 3.05) is 0 Å². The second kappa shape index (κ2) is 5.21. The predicted molar refractivity (Wildman–Crippen MR) is 74.0 cm³/mol. The van der Waals surface area contributed by atoms with Crippen molar-refractivity contribution in [1.29, 1.82) is 0 Å². The number of carbonyl (C=O) groups excluding carboxylic acids is 1. The maximum atomic E-state index is 12.1. The molecule has 0 bridgehead atoms. The molecule has 0 N–H and O–H groups in total. The van der Waals surface area contributed by atoms with Crippen LogP contribution in [0.4, 0.5) is 0 Å². The van der Waals surface area contributed by atoms with Gasteiger partial charge < -0.3 is 0 Å². The van der Waals surface area contributed by atoms with Crippen molar-refractivity contribution in [3.8, 4) is 0 Å². The summed E-state index contributed by atoms with van der Waals surface area (Å²) < 4.78 is 0.766. The van der Waals surface area contributed by atoms with Gasteiger partial charge in [0.2, 0.25) is 0 Å². The molecule has 0 aliphatic carbocycles. The Hall–Kier alpha value is -0.830. The zero-order valence-corrected chi connectivity index (χ0v) is 11.7. The lowest BCUT2D eigenvalue weighted by atomic mass is 10.0. The average molecular weight is 330 g/mol. The van der Waals surface area contributed by atoms with E-state index in [1.807, 2.05) is 0 Å². The molecular weight excluding hydrogens is 323 g/mol. The Morgan fingerprint density at radius 1 is 1.00 bits per heavy atom. The molecule has 0 aliphatic rings. The second-order valence-electron chi connectivity index (χ2n) is 3.47. The van der Waals surface area contributed by atoms with E-state index in [2.05, 4.69) is 15.9 Å². The van der Waals surface area contributed by atoms with Crippen LogP contribution in [0, 0.1) is 0 Å². The number of hydrogen-bond donors (Lipinski definition) is 0. The number of hydrogen-bond acceptors (Lipinski definition) is 1. The van der Waals surface area contributed by atoms with Crippen molar-refractivity contribution in [1.82, 2.24) is 0 Å². The molecule has 0 radical (unpaired) electrons. The van der Waals surface area contributed by atoms with Crippen molar-refractivity contribution in [3.05, 3.63) is 68.1 Å². The summed E-state index contributed by atoms with van der Waals surface area (Å²) in [7, 11) is 0. The first kappa shape index (κ1) is 12.6. The summed E-state index contributed by atoms with van der Waals surface area (Å²) in [6.07, 6.45) is 0. The van der Waals surface area contributed by atoms with E-state index < -0.39 is 0 Å². The Morgan fingerprint density at radius 3 is 2.35 bits per heavy atom. The summed E-state index contributed by atoms with van der Waals surface area (Å²) in [5, 5.41) is 1.05. The molecule has 0 fully saturated rings. The zero-order valence-electron chi connectivity index (χ0n) is 8.58. The van der Waals surface area contributed by atoms with Crippen molar-refractivity contribution in [2.45, 2.75) is 0 Å². The van der Waals surface area contributed by atoms with E-state index >= 15 is 0 Å². The molecule has 0 aromatic heterocycles. The molecule has 2 rings (SSSR count). The van der Waals surface area contributed by atoms with Gasteiger partial charge in [0.1, 0.15) is 0 Å².